The van der Waals surface area contributed by atoms with Gasteiger partial charge in [-0.2, -0.15) is 0 Å². The fraction of sp³-hybridized carbons (Fsp3) is 0.611. The largest absolute Gasteiger partial charge is 0.380 e. The minimum atomic E-state index is 0. The number of likely N-dealkylation sites (tertiary alicyclic amines) is 1. The molecule has 1 aliphatic rings. The summed E-state index contributed by atoms with van der Waals surface area (Å²) in [4.78, 5) is 6.89. The molecule has 2 atom stereocenters. The first-order valence-corrected chi connectivity index (χ1v) is 8.42. The van der Waals surface area contributed by atoms with Crippen LogP contribution in [-0.4, -0.2) is 36.5 Å². The van der Waals surface area contributed by atoms with Crippen LogP contribution in [0.15, 0.2) is 35.3 Å². The van der Waals surface area contributed by atoms with E-state index in [4.69, 9.17) is 5.73 Å². The van der Waals surface area contributed by atoms with Crippen LogP contribution in [0.4, 0.5) is 5.69 Å². The minimum Gasteiger partial charge on any atom is -0.380 e. The highest BCUT2D eigenvalue weighted by Crippen LogP contribution is 2.16. The molecule has 1 heterocycles. The Kier molecular flexibility index (Phi) is 8.73. The van der Waals surface area contributed by atoms with Crippen molar-refractivity contribution in [1.82, 2.24) is 4.90 Å². The third-order valence-electron chi connectivity index (χ3n) is 4.36. The minimum absolute atomic E-state index is 0. The third-order valence-corrected chi connectivity index (χ3v) is 4.36. The topological polar surface area (TPSA) is 53.6 Å². The number of hydrogen-bond acceptors (Lipinski definition) is 2. The van der Waals surface area contributed by atoms with E-state index in [9.17, 15) is 0 Å². The van der Waals surface area contributed by atoms with Gasteiger partial charge in [-0.3, -0.25) is 4.99 Å². The number of nitrogens with two attached hydrogens (primary N) is 1. The van der Waals surface area contributed by atoms with Crippen LogP contribution >= 0.6 is 24.0 Å². The molecule has 0 bridgehead atoms. The molecule has 0 spiro atoms. The standard InChI is InChI=1S/C18H30N4.HI/c1-14(2)17(21-16-9-5-4-6-10-16)12-20-18(19)22-11-7-8-15(3)13-22;/h4-6,9-10,14-15,17,21H,7-8,11-13H2,1-3H3,(H2,19,20);1H. The number of anilines is 1. The first kappa shape index (κ1) is 20.1. The summed E-state index contributed by atoms with van der Waals surface area (Å²) in [5, 5.41) is 3.56. The molecule has 0 aromatic heterocycles. The number of hydrogen-bond donors (Lipinski definition) is 2. The molecule has 1 aromatic rings. The second kappa shape index (κ2) is 10.0. The highest BCUT2D eigenvalue weighted by Gasteiger charge is 2.18. The van der Waals surface area contributed by atoms with Crippen LogP contribution in [0.1, 0.15) is 33.6 Å². The van der Waals surface area contributed by atoms with E-state index in [2.05, 4.69) is 48.1 Å². The van der Waals surface area contributed by atoms with E-state index >= 15 is 0 Å². The van der Waals surface area contributed by atoms with E-state index in [0.29, 0.717) is 30.4 Å². The van der Waals surface area contributed by atoms with E-state index in [0.717, 1.165) is 18.8 Å². The SMILES string of the molecule is CC1CCCN(C(N)=NCC(Nc2ccccc2)C(C)C)C1.I. The van der Waals surface area contributed by atoms with Gasteiger partial charge in [0.1, 0.15) is 0 Å². The zero-order valence-corrected chi connectivity index (χ0v) is 16.9. The Morgan fingerprint density at radius 1 is 1.35 bits per heavy atom. The van der Waals surface area contributed by atoms with Crippen molar-refractivity contribution in [3.63, 3.8) is 0 Å². The molecule has 0 radical (unpaired) electrons. The molecule has 1 saturated heterocycles. The van der Waals surface area contributed by atoms with Gasteiger partial charge in [0.05, 0.1) is 6.54 Å². The fourth-order valence-electron chi connectivity index (χ4n) is 2.86. The maximum absolute atomic E-state index is 6.20. The van der Waals surface area contributed by atoms with Crippen LogP contribution in [0, 0.1) is 11.8 Å². The zero-order chi connectivity index (χ0) is 15.9. The van der Waals surface area contributed by atoms with Gasteiger partial charge in [-0.1, -0.05) is 39.0 Å². The lowest BCUT2D eigenvalue weighted by molar-refractivity contribution is 0.270. The lowest BCUT2D eigenvalue weighted by atomic mass is 10.0. The van der Waals surface area contributed by atoms with Gasteiger partial charge in [0.2, 0.25) is 0 Å². The van der Waals surface area contributed by atoms with E-state index in [1.54, 1.807) is 0 Å². The average Bonchev–Trinajstić information content (AvgIpc) is 2.51. The normalized spacial score (nSPS) is 20.1. The summed E-state index contributed by atoms with van der Waals surface area (Å²) in [6.45, 7) is 9.51. The number of nitrogens with one attached hydrogen (secondary N) is 1. The number of para-hydroxylation sites is 1. The summed E-state index contributed by atoms with van der Waals surface area (Å²) >= 11 is 0. The molecule has 1 aromatic carbocycles. The van der Waals surface area contributed by atoms with Gasteiger partial charge in [0.15, 0.2) is 5.96 Å². The van der Waals surface area contributed by atoms with Crippen LogP contribution < -0.4 is 11.1 Å². The predicted molar refractivity (Wildman–Crippen MR) is 111 cm³/mol. The molecule has 0 saturated carbocycles. The Morgan fingerprint density at radius 3 is 2.65 bits per heavy atom. The molecular weight excluding hydrogens is 399 g/mol. The Balaban J connectivity index is 0.00000264. The Hall–Kier alpha value is -0.980. The Bertz CT molecular complexity index is 475. The summed E-state index contributed by atoms with van der Waals surface area (Å²) in [6, 6.07) is 10.6. The summed E-state index contributed by atoms with van der Waals surface area (Å²) in [5.74, 6) is 1.91. The van der Waals surface area contributed by atoms with E-state index < -0.39 is 0 Å². The highest BCUT2D eigenvalue weighted by atomic mass is 127. The van der Waals surface area contributed by atoms with Crippen LogP contribution in [-0.2, 0) is 0 Å². The number of guanidine groups is 1. The van der Waals surface area contributed by atoms with Crippen molar-refractivity contribution in [2.75, 3.05) is 25.0 Å². The van der Waals surface area contributed by atoms with Gasteiger partial charge in [-0.05, 0) is 36.8 Å². The Labute approximate surface area is 157 Å². The second-order valence-corrected chi connectivity index (χ2v) is 6.75. The Morgan fingerprint density at radius 2 is 2.04 bits per heavy atom. The van der Waals surface area contributed by atoms with Gasteiger partial charge >= 0.3 is 0 Å². The molecule has 4 nitrogen and oxygen atoms in total. The van der Waals surface area contributed by atoms with Crippen LogP contribution in [0.3, 0.4) is 0 Å². The van der Waals surface area contributed by atoms with Crippen LogP contribution in [0.5, 0.6) is 0 Å². The van der Waals surface area contributed by atoms with Crippen molar-refractivity contribution in [2.24, 2.45) is 22.6 Å². The summed E-state index contributed by atoms with van der Waals surface area (Å²) in [6.07, 6.45) is 2.52. The van der Waals surface area contributed by atoms with Crippen LogP contribution in [0.2, 0.25) is 0 Å². The van der Waals surface area contributed by atoms with Crippen molar-refractivity contribution in [2.45, 2.75) is 39.7 Å². The van der Waals surface area contributed by atoms with Gasteiger partial charge in [0.25, 0.3) is 0 Å². The second-order valence-electron chi connectivity index (χ2n) is 6.75. The van der Waals surface area contributed by atoms with Gasteiger partial charge in [0, 0.05) is 24.8 Å². The molecule has 0 amide bonds. The van der Waals surface area contributed by atoms with Gasteiger partial charge in [-0.25, -0.2) is 0 Å². The number of aliphatic imine (C=N–C) groups is 1. The first-order chi connectivity index (χ1) is 10.6. The maximum atomic E-state index is 6.20. The number of rotatable bonds is 5. The third kappa shape index (κ3) is 6.57. The average molecular weight is 430 g/mol. The predicted octanol–water partition coefficient (Wildman–Crippen LogP) is 3.79. The lowest BCUT2D eigenvalue weighted by Crippen LogP contribution is -2.44. The maximum Gasteiger partial charge on any atom is 0.191 e. The highest BCUT2D eigenvalue weighted by molar-refractivity contribution is 14.0. The van der Waals surface area contributed by atoms with Crippen molar-refractivity contribution in [3.05, 3.63) is 30.3 Å². The van der Waals surface area contributed by atoms with Crippen molar-refractivity contribution >= 4 is 35.6 Å². The van der Waals surface area contributed by atoms with Crippen molar-refractivity contribution < 1.29 is 0 Å². The zero-order valence-electron chi connectivity index (χ0n) is 14.5. The molecule has 130 valence electrons. The fourth-order valence-corrected chi connectivity index (χ4v) is 2.86. The smallest absolute Gasteiger partial charge is 0.191 e. The molecule has 23 heavy (non-hydrogen) atoms. The summed E-state index contributed by atoms with van der Waals surface area (Å²) < 4.78 is 0. The monoisotopic (exact) mass is 430 g/mol. The number of benzene rings is 1. The van der Waals surface area contributed by atoms with Crippen molar-refractivity contribution in [3.8, 4) is 0 Å². The molecule has 5 heteroatoms. The van der Waals surface area contributed by atoms with E-state index in [1.807, 2.05) is 18.2 Å². The summed E-state index contributed by atoms with van der Waals surface area (Å²) in [7, 11) is 0. The molecule has 2 unspecified atom stereocenters. The molecular formula is C18H31IN4. The summed E-state index contributed by atoms with van der Waals surface area (Å²) in [5.41, 5.74) is 7.34. The quantitative estimate of drug-likeness (QED) is 0.425. The van der Waals surface area contributed by atoms with Gasteiger partial charge in [-0.15, -0.1) is 24.0 Å². The number of piperidine rings is 1. The molecule has 1 aliphatic heterocycles. The van der Waals surface area contributed by atoms with E-state index in [1.165, 1.54) is 12.8 Å². The number of halogens is 1. The van der Waals surface area contributed by atoms with Crippen molar-refractivity contribution in [1.29, 1.82) is 0 Å². The van der Waals surface area contributed by atoms with Crippen LogP contribution in [0.25, 0.3) is 0 Å². The number of nitrogens with zero attached hydrogens (tertiary/aromatic N) is 2. The molecule has 2 rings (SSSR count). The first-order valence-electron chi connectivity index (χ1n) is 8.42. The molecule has 0 aliphatic carbocycles. The van der Waals surface area contributed by atoms with E-state index in [-0.39, 0.29) is 24.0 Å². The lowest BCUT2D eigenvalue weighted by Gasteiger charge is -2.32. The van der Waals surface area contributed by atoms with Gasteiger partial charge < -0.3 is 16.0 Å². The molecule has 1 fully saturated rings. The molecule has 3 N–H and O–H groups in total.